The van der Waals surface area contributed by atoms with Crippen molar-refractivity contribution in [3.8, 4) is 0 Å². The number of carbonyl (C=O) groups is 2. The van der Waals surface area contributed by atoms with Crippen LogP contribution in [0.4, 0.5) is 5.69 Å². The Morgan fingerprint density at radius 3 is 2.36 bits per heavy atom. The maximum Gasteiger partial charge on any atom is 0.338 e. The molecule has 5 heteroatoms. The van der Waals surface area contributed by atoms with E-state index in [4.69, 9.17) is 4.74 Å². The van der Waals surface area contributed by atoms with Gasteiger partial charge in [-0.15, -0.1) is 0 Å². The van der Waals surface area contributed by atoms with Crippen molar-refractivity contribution in [2.75, 3.05) is 18.6 Å². The first-order valence-electron chi connectivity index (χ1n) is 11.9. The number of benzene rings is 1. The number of rotatable bonds is 8. The molecule has 0 aliphatic heterocycles. The molecule has 1 aliphatic carbocycles. The van der Waals surface area contributed by atoms with Gasteiger partial charge in [-0.3, -0.25) is 4.79 Å². The van der Waals surface area contributed by atoms with Crippen LogP contribution in [0.3, 0.4) is 0 Å². The minimum Gasteiger partial charge on any atom is -0.462 e. The van der Waals surface area contributed by atoms with Gasteiger partial charge in [-0.05, 0) is 80.0 Å². The van der Waals surface area contributed by atoms with Crippen LogP contribution in [0.5, 0.6) is 0 Å². The number of anilines is 1. The number of ether oxygens (including phenoxy) is 1. The summed E-state index contributed by atoms with van der Waals surface area (Å²) in [7, 11) is 0.508. The SMILES string of the molecule is CC1=C(/C=C/C(C)=C/C(=O)N(C)c2ccc(C(=O)OCC[Si](C)(C)C)cc2)C(C)(C)CCC1. The lowest BCUT2D eigenvalue weighted by Gasteiger charge is -2.32. The number of amides is 1. The Hall–Kier alpha value is -2.40. The van der Waals surface area contributed by atoms with Gasteiger partial charge in [-0.1, -0.05) is 51.2 Å². The third-order valence-corrected chi connectivity index (χ3v) is 8.02. The molecular formula is C28H41NO3Si. The van der Waals surface area contributed by atoms with Crippen LogP contribution in [0.15, 0.2) is 59.2 Å². The van der Waals surface area contributed by atoms with Crippen LogP contribution >= 0.6 is 0 Å². The van der Waals surface area contributed by atoms with E-state index in [1.807, 2.05) is 13.0 Å². The maximum atomic E-state index is 12.8. The second kappa shape index (κ2) is 11.1. The summed E-state index contributed by atoms with van der Waals surface area (Å²) >= 11 is 0. The number of esters is 1. The fraction of sp³-hybridized carbons (Fsp3) is 0.500. The maximum absolute atomic E-state index is 12.8. The Morgan fingerprint density at radius 1 is 1.15 bits per heavy atom. The molecule has 0 heterocycles. The summed E-state index contributed by atoms with van der Waals surface area (Å²) in [5.74, 6) is -0.416. The van der Waals surface area contributed by atoms with Gasteiger partial charge in [0.05, 0.1) is 12.2 Å². The molecule has 1 aromatic carbocycles. The summed E-state index contributed by atoms with van der Waals surface area (Å²) in [6.45, 7) is 16.0. The zero-order valence-corrected chi connectivity index (χ0v) is 22.7. The fourth-order valence-corrected chi connectivity index (χ4v) is 4.76. The van der Waals surface area contributed by atoms with E-state index in [2.05, 4.69) is 46.5 Å². The quantitative estimate of drug-likeness (QED) is 0.176. The van der Waals surface area contributed by atoms with Gasteiger partial charge in [0.15, 0.2) is 0 Å². The fourth-order valence-electron chi connectivity index (χ4n) is 4.05. The molecule has 33 heavy (non-hydrogen) atoms. The van der Waals surface area contributed by atoms with Crippen LogP contribution in [0.1, 0.15) is 57.3 Å². The van der Waals surface area contributed by atoms with E-state index >= 15 is 0 Å². The topological polar surface area (TPSA) is 46.6 Å². The van der Waals surface area contributed by atoms with E-state index in [9.17, 15) is 9.59 Å². The Kier molecular flexibility index (Phi) is 9.07. The van der Waals surface area contributed by atoms with Crippen molar-refractivity contribution in [3.05, 3.63) is 64.8 Å². The highest BCUT2D eigenvalue weighted by Gasteiger charge is 2.26. The number of allylic oxidation sites excluding steroid dienone is 5. The van der Waals surface area contributed by atoms with E-state index in [1.54, 1.807) is 42.3 Å². The van der Waals surface area contributed by atoms with Crippen molar-refractivity contribution in [1.29, 1.82) is 0 Å². The zero-order chi connectivity index (χ0) is 24.8. The molecular weight excluding hydrogens is 426 g/mol. The molecule has 1 amide bonds. The number of nitrogens with zero attached hydrogens (tertiary/aromatic N) is 1. The third kappa shape index (κ3) is 8.15. The molecule has 0 radical (unpaired) electrons. The first kappa shape index (κ1) is 26.8. The normalized spacial score (nSPS) is 16.8. The van der Waals surface area contributed by atoms with Crippen LogP contribution in [-0.4, -0.2) is 33.6 Å². The van der Waals surface area contributed by atoms with Crippen molar-refractivity contribution in [1.82, 2.24) is 0 Å². The van der Waals surface area contributed by atoms with E-state index in [-0.39, 0.29) is 17.3 Å². The first-order chi connectivity index (χ1) is 15.3. The molecule has 4 nitrogen and oxygen atoms in total. The summed E-state index contributed by atoms with van der Waals surface area (Å²) in [6, 6.07) is 7.94. The predicted octanol–water partition coefficient (Wildman–Crippen LogP) is 7.17. The van der Waals surface area contributed by atoms with Gasteiger partial charge in [0, 0.05) is 26.9 Å². The molecule has 0 fully saturated rings. The van der Waals surface area contributed by atoms with Gasteiger partial charge in [-0.2, -0.15) is 0 Å². The summed E-state index contributed by atoms with van der Waals surface area (Å²) in [6.07, 6.45) is 9.45. The molecule has 0 aromatic heterocycles. The number of hydrogen-bond donors (Lipinski definition) is 0. The van der Waals surface area contributed by atoms with Crippen LogP contribution in [0, 0.1) is 5.41 Å². The summed E-state index contributed by atoms with van der Waals surface area (Å²) in [5, 5.41) is 0. The Labute approximate surface area is 201 Å². The van der Waals surface area contributed by atoms with Crippen LogP contribution in [0.2, 0.25) is 25.7 Å². The van der Waals surface area contributed by atoms with Crippen LogP contribution in [-0.2, 0) is 9.53 Å². The summed E-state index contributed by atoms with van der Waals surface area (Å²) in [5.41, 5.74) is 5.16. The zero-order valence-electron chi connectivity index (χ0n) is 21.7. The molecule has 0 saturated heterocycles. The molecule has 0 spiro atoms. The van der Waals surface area contributed by atoms with Gasteiger partial charge in [-0.25, -0.2) is 4.79 Å². The van der Waals surface area contributed by atoms with Gasteiger partial charge >= 0.3 is 5.97 Å². The standard InChI is InChI=1S/C28H41NO3Si/c1-21(11-16-25-22(2)10-9-17-28(25,3)4)20-26(30)29(5)24-14-12-23(13-15-24)27(31)32-18-19-33(6,7)8/h11-16,20H,9-10,17-19H2,1-8H3/b16-11+,21-20+. The summed E-state index contributed by atoms with van der Waals surface area (Å²) < 4.78 is 5.40. The van der Waals surface area contributed by atoms with Crippen molar-refractivity contribution in [2.45, 2.75) is 72.6 Å². The lowest BCUT2D eigenvalue weighted by Crippen LogP contribution is -2.24. The van der Waals surface area contributed by atoms with Gasteiger partial charge in [0.25, 0.3) is 5.91 Å². The van der Waals surface area contributed by atoms with Crippen molar-refractivity contribution in [3.63, 3.8) is 0 Å². The van der Waals surface area contributed by atoms with Gasteiger partial charge < -0.3 is 9.64 Å². The highest BCUT2D eigenvalue weighted by Crippen LogP contribution is 2.40. The molecule has 1 aliphatic rings. The Balaban J connectivity index is 2.01. The van der Waals surface area contributed by atoms with Crippen molar-refractivity contribution >= 4 is 25.6 Å². The Bertz CT molecular complexity index is 946. The minimum absolute atomic E-state index is 0.101. The molecule has 0 N–H and O–H groups in total. The minimum atomic E-state index is -1.24. The lowest BCUT2D eigenvalue weighted by atomic mass is 9.72. The van der Waals surface area contributed by atoms with Gasteiger partial charge in [0.1, 0.15) is 0 Å². The highest BCUT2D eigenvalue weighted by atomic mass is 28.3. The average molecular weight is 468 g/mol. The molecule has 1 aromatic rings. The second-order valence-corrected chi connectivity index (χ2v) is 16.7. The van der Waals surface area contributed by atoms with E-state index in [0.29, 0.717) is 12.2 Å². The molecule has 2 rings (SSSR count). The van der Waals surface area contributed by atoms with E-state index in [0.717, 1.165) is 23.7 Å². The van der Waals surface area contributed by atoms with Crippen molar-refractivity contribution < 1.29 is 14.3 Å². The van der Waals surface area contributed by atoms with Crippen LogP contribution < -0.4 is 4.90 Å². The molecule has 0 unspecified atom stereocenters. The highest BCUT2D eigenvalue weighted by molar-refractivity contribution is 6.76. The predicted molar refractivity (Wildman–Crippen MR) is 142 cm³/mol. The van der Waals surface area contributed by atoms with Crippen molar-refractivity contribution in [2.24, 2.45) is 5.41 Å². The first-order valence-corrected chi connectivity index (χ1v) is 15.6. The monoisotopic (exact) mass is 467 g/mol. The molecule has 180 valence electrons. The number of likely N-dealkylation sites (N-methyl/N-ethyl adjacent to an activating group) is 1. The lowest BCUT2D eigenvalue weighted by molar-refractivity contribution is -0.113. The molecule has 0 atom stereocenters. The number of carbonyl (C=O) groups excluding carboxylic acids is 2. The molecule has 0 bridgehead atoms. The second-order valence-electron chi connectivity index (χ2n) is 11.0. The third-order valence-electron chi connectivity index (χ3n) is 6.31. The van der Waals surface area contributed by atoms with Crippen LogP contribution in [0.25, 0.3) is 0 Å². The number of hydrogen-bond acceptors (Lipinski definition) is 3. The smallest absolute Gasteiger partial charge is 0.338 e. The Morgan fingerprint density at radius 2 is 1.79 bits per heavy atom. The average Bonchev–Trinajstić information content (AvgIpc) is 2.71. The van der Waals surface area contributed by atoms with E-state index in [1.165, 1.54) is 24.0 Å². The van der Waals surface area contributed by atoms with Gasteiger partial charge in [0.2, 0.25) is 0 Å². The van der Waals surface area contributed by atoms with E-state index < -0.39 is 8.07 Å². The largest absolute Gasteiger partial charge is 0.462 e. The summed E-state index contributed by atoms with van der Waals surface area (Å²) in [4.78, 5) is 26.6. The molecule has 0 saturated carbocycles.